The summed E-state index contributed by atoms with van der Waals surface area (Å²) in [6, 6.07) is 2.90. The molecule has 1 amide bonds. The highest BCUT2D eigenvalue weighted by molar-refractivity contribution is 5.92. The minimum atomic E-state index is -1.63. The number of aliphatic carboxylic acids is 1. The van der Waals surface area contributed by atoms with Crippen LogP contribution in [0.25, 0.3) is 0 Å². The molecule has 1 rings (SSSR count). The normalized spacial score (nSPS) is 11.8. The Kier molecular flexibility index (Phi) is 3.78. The highest BCUT2D eigenvalue weighted by atomic mass is 16.4. The average Bonchev–Trinajstić information content (AvgIpc) is 2.26. The zero-order valence-electron chi connectivity index (χ0n) is 8.25. The number of carbonyl (C=O) groups excluding carboxylic acids is 1. The molecular formula is C9H11N3O4. The molecule has 1 aromatic rings. The van der Waals surface area contributed by atoms with Crippen molar-refractivity contribution in [3.8, 4) is 0 Å². The molecule has 1 aromatic heterocycles. The number of nitrogens with two attached hydrogens (primary N) is 1. The highest BCUT2D eigenvalue weighted by Gasteiger charge is 2.15. The van der Waals surface area contributed by atoms with Crippen molar-refractivity contribution in [2.24, 2.45) is 0 Å². The van der Waals surface area contributed by atoms with Crippen LogP contribution in [0.1, 0.15) is 10.5 Å². The van der Waals surface area contributed by atoms with Crippen LogP contribution in [0.15, 0.2) is 18.3 Å². The fourth-order valence-electron chi connectivity index (χ4n) is 0.907. The van der Waals surface area contributed by atoms with Crippen LogP contribution in [0.4, 0.5) is 5.69 Å². The van der Waals surface area contributed by atoms with E-state index in [0.29, 0.717) is 5.69 Å². The van der Waals surface area contributed by atoms with Crippen LogP contribution in [0.5, 0.6) is 0 Å². The number of aromatic nitrogens is 1. The molecule has 0 saturated heterocycles. The Morgan fingerprint density at radius 2 is 2.19 bits per heavy atom. The number of hydrogen-bond donors (Lipinski definition) is 4. The van der Waals surface area contributed by atoms with Crippen molar-refractivity contribution in [3.05, 3.63) is 24.0 Å². The SMILES string of the molecule is Nc1ccc(C(=O)NCC(O)C(=O)O)nc1. The Labute approximate surface area is 90.9 Å². The van der Waals surface area contributed by atoms with Crippen LogP contribution < -0.4 is 11.1 Å². The maximum atomic E-state index is 11.4. The standard InChI is InChI=1S/C9H11N3O4/c10-5-1-2-6(11-3-5)8(14)12-4-7(13)9(15)16/h1-3,7,13H,4,10H2,(H,12,14)(H,15,16). The number of aliphatic hydroxyl groups is 1. The molecule has 0 bridgehead atoms. The summed E-state index contributed by atoms with van der Waals surface area (Å²) >= 11 is 0. The molecule has 5 N–H and O–H groups in total. The topological polar surface area (TPSA) is 126 Å². The van der Waals surface area contributed by atoms with Crippen LogP contribution in [0.3, 0.4) is 0 Å². The lowest BCUT2D eigenvalue weighted by molar-refractivity contribution is -0.146. The molecule has 16 heavy (non-hydrogen) atoms. The van der Waals surface area contributed by atoms with Gasteiger partial charge in [-0.1, -0.05) is 0 Å². The highest BCUT2D eigenvalue weighted by Crippen LogP contribution is 2.00. The molecule has 0 aliphatic rings. The first-order chi connectivity index (χ1) is 7.50. The molecule has 0 radical (unpaired) electrons. The molecule has 0 fully saturated rings. The van der Waals surface area contributed by atoms with Gasteiger partial charge in [0.15, 0.2) is 6.10 Å². The maximum Gasteiger partial charge on any atom is 0.334 e. The van der Waals surface area contributed by atoms with E-state index in [0.717, 1.165) is 0 Å². The first kappa shape index (κ1) is 11.9. The molecule has 7 heteroatoms. The fourth-order valence-corrected chi connectivity index (χ4v) is 0.907. The van der Waals surface area contributed by atoms with Gasteiger partial charge in [-0.05, 0) is 12.1 Å². The van der Waals surface area contributed by atoms with Gasteiger partial charge in [0, 0.05) is 0 Å². The second-order valence-electron chi connectivity index (χ2n) is 3.04. The number of anilines is 1. The Bertz CT molecular complexity index is 390. The summed E-state index contributed by atoms with van der Waals surface area (Å²) in [7, 11) is 0. The zero-order valence-corrected chi connectivity index (χ0v) is 8.25. The van der Waals surface area contributed by atoms with Crippen LogP contribution in [-0.2, 0) is 4.79 Å². The Morgan fingerprint density at radius 3 is 2.69 bits per heavy atom. The second-order valence-corrected chi connectivity index (χ2v) is 3.04. The number of pyridine rings is 1. The van der Waals surface area contributed by atoms with E-state index in [1.807, 2.05) is 0 Å². The quantitative estimate of drug-likeness (QED) is 0.512. The van der Waals surface area contributed by atoms with E-state index in [9.17, 15) is 9.59 Å². The number of nitrogen functional groups attached to an aromatic ring is 1. The first-order valence-corrected chi connectivity index (χ1v) is 4.41. The van der Waals surface area contributed by atoms with Crippen LogP contribution >= 0.6 is 0 Å². The van der Waals surface area contributed by atoms with E-state index < -0.39 is 18.0 Å². The number of carboxylic acids is 1. The zero-order chi connectivity index (χ0) is 12.1. The number of hydrogen-bond acceptors (Lipinski definition) is 5. The van der Waals surface area contributed by atoms with Gasteiger partial charge in [0.2, 0.25) is 0 Å². The lowest BCUT2D eigenvalue weighted by atomic mass is 10.3. The summed E-state index contributed by atoms with van der Waals surface area (Å²) in [5.41, 5.74) is 5.90. The summed E-state index contributed by atoms with van der Waals surface area (Å²) in [4.78, 5) is 25.4. The van der Waals surface area contributed by atoms with Crippen molar-refractivity contribution >= 4 is 17.6 Å². The van der Waals surface area contributed by atoms with Gasteiger partial charge in [-0.25, -0.2) is 9.78 Å². The van der Waals surface area contributed by atoms with Crippen LogP contribution in [0, 0.1) is 0 Å². The molecule has 1 unspecified atom stereocenters. The van der Waals surface area contributed by atoms with Crippen molar-refractivity contribution in [2.45, 2.75) is 6.10 Å². The number of carboxylic acid groups (broad SMARTS) is 1. The Balaban J connectivity index is 2.53. The van der Waals surface area contributed by atoms with Gasteiger partial charge in [-0.2, -0.15) is 0 Å². The third-order valence-corrected chi connectivity index (χ3v) is 1.76. The van der Waals surface area contributed by atoms with Gasteiger partial charge in [0.05, 0.1) is 18.4 Å². The molecule has 0 aliphatic heterocycles. The van der Waals surface area contributed by atoms with Crippen molar-refractivity contribution in [2.75, 3.05) is 12.3 Å². The van der Waals surface area contributed by atoms with Crippen molar-refractivity contribution in [1.29, 1.82) is 0 Å². The van der Waals surface area contributed by atoms with Gasteiger partial charge >= 0.3 is 5.97 Å². The molecule has 0 spiro atoms. The van der Waals surface area contributed by atoms with Gasteiger partial charge < -0.3 is 21.3 Å². The third kappa shape index (κ3) is 3.21. The van der Waals surface area contributed by atoms with E-state index in [4.69, 9.17) is 15.9 Å². The molecular weight excluding hydrogens is 214 g/mol. The second kappa shape index (κ2) is 5.08. The van der Waals surface area contributed by atoms with E-state index >= 15 is 0 Å². The number of nitrogens with one attached hydrogen (secondary N) is 1. The molecule has 0 aliphatic carbocycles. The molecule has 0 saturated carbocycles. The summed E-state index contributed by atoms with van der Waals surface area (Å²) in [5.74, 6) is -1.97. The monoisotopic (exact) mass is 225 g/mol. The van der Waals surface area contributed by atoms with E-state index in [2.05, 4.69) is 10.3 Å². The lowest BCUT2D eigenvalue weighted by Gasteiger charge is -2.07. The number of carbonyl (C=O) groups is 2. The Morgan fingerprint density at radius 1 is 1.50 bits per heavy atom. The van der Waals surface area contributed by atoms with Gasteiger partial charge in [0.1, 0.15) is 5.69 Å². The number of aliphatic hydroxyl groups excluding tert-OH is 1. The smallest absolute Gasteiger partial charge is 0.334 e. The predicted molar refractivity (Wildman–Crippen MR) is 54.6 cm³/mol. The van der Waals surface area contributed by atoms with Crippen molar-refractivity contribution in [1.82, 2.24) is 10.3 Å². The molecule has 1 heterocycles. The molecule has 0 aromatic carbocycles. The van der Waals surface area contributed by atoms with E-state index in [1.165, 1.54) is 18.3 Å². The first-order valence-electron chi connectivity index (χ1n) is 4.41. The minimum absolute atomic E-state index is 0.104. The number of rotatable bonds is 4. The summed E-state index contributed by atoms with van der Waals surface area (Å²) < 4.78 is 0. The summed E-state index contributed by atoms with van der Waals surface area (Å²) in [5, 5.41) is 19.5. The lowest BCUT2D eigenvalue weighted by Crippen LogP contribution is -2.36. The van der Waals surface area contributed by atoms with E-state index in [1.54, 1.807) is 0 Å². The number of amides is 1. The maximum absolute atomic E-state index is 11.4. The minimum Gasteiger partial charge on any atom is -0.479 e. The van der Waals surface area contributed by atoms with E-state index in [-0.39, 0.29) is 12.2 Å². The van der Waals surface area contributed by atoms with Crippen LogP contribution in [-0.4, -0.2) is 39.7 Å². The third-order valence-electron chi connectivity index (χ3n) is 1.76. The predicted octanol–water partition coefficient (Wildman–Crippen LogP) is -1.16. The van der Waals surface area contributed by atoms with Gasteiger partial charge in [0.25, 0.3) is 5.91 Å². The molecule has 1 atom stereocenters. The summed E-state index contributed by atoms with van der Waals surface area (Å²) in [6.07, 6.45) is -0.319. The van der Waals surface area contributed by atoms with Crippen LogP contribution in [0.2, 0.25) is 0 Å². The largest absolute Gasteiger partial charge is 0.479 e. The average molecular weight is 225 g/mol. The molecule has 86 valence electrons. The summed E-state index contributed by atoms with van der Waals surface area (Å²) in [6.45, 7) is -0.375. The molecule has 7 nitrogen and oxygen atoms in total. The van der Waals surface area contributed by atoms with Gasteiger partial charge in [-0.15, -0.1) is 0 Å². The van der Waals surface area contributed by atoms with Gasteiger partial charge in [-0.3, -0.25) is 4.79 Å². The fraction of sp³-hybridized carbons (Fsp3) is 0.222. The van der Waals surface area contributed by atoms with Crippen molar-refractivity contribution in [3.63, 3.8) is 0 Å². The number of nitrogens with zero attached hydrogens (tertiary/aromatic N) is 1. The Hall–Kier alpha value is -2.15. The van der Waals surface area contributed by atoms with Crippen molar-refractivity contribution < 1.29 is 19.8 Å².